The number of hydrogen-bond acceptors (Lipinski definition) is 13. The van der Waals surface area contributed by atoms with E-state index < -0.39 is 0 Å². The average Bonchev–Trinajstić information content (AvgIpc) is 2.75. The van der Waals surface area contributed by atoms with E-state index in [1.165, 1.54) is 0 Å². The summed E-state index contributed by atoms with van der Waals surface area (Å²) in [6.45, 7) is 11.7. The molecule has 300 valence electrons. The highest BCUT2D eigenvalue weighted by atomic mass is 15.5. The second-order valence-corrected chi connectivity index (χ2v) is 15.9. The Kier molecular flexibility index (Phi) is 45.1. The summed E-state index contributed by atoms with van der Waals surface area (Å²) in [6.07, 6.45) is 0.389. The Hall–Kier alpha value is -0.520. The van der Waals surface area contributed by atoms with Crippen LogP contribution in [0.5, 0.6) is 0 Å². The van der Waals surface area contributed by atoms with Crippen molar-refractivity contribution in [3.63, 3.8) is 0 Å². The molecule has 0 heterocycles. The van der Waals surface area contributed by atoms with Crippen LogP contribution in [0, 0.1) is 5.92 Å². The first kappa shape index (κ1) is 59.6. The van der Waals surface area contributed by atoms with Crippen LogP contribution in [-0.2, 0) is 0 Å². The van der Waals surface area contributed by atoms with Gasteiger partial charge in [0.05, 0.1) is 33.3 Å². The SMILES string of the molecule is C.CC(C)CN(C)CN(C)CN(C)C.CN(C)C.CN(C)C(N(C)C)N(C)C.CN(C)CN(C)C.CN(C)CN(CN(C)C)CN(C)C. The minimum Gasteiger partial charge on any atom is -0.312 e. The van der Waals surface area contributed by atoms with Gasteiger partial charge >= 0.3 is 0 Å². The van der Waals surface area contributed by atoms with E-state index in [2.05, 4.69) is 214 Å². The van der Waals surface area contributed by atoms with Gasteiger partial charge in [-0.15, -0.1) is 0 Å². The van der Waals surface area contributed by atoms with Gasteiger partial charge in [0.25, 0.3) is 0 Å². The third-order valence-electron chi connectivity index (χ3n) is 5.08. The largest absolute Gasteiger partial charge is 0.312 e. The molecule has 0 saturated heterocycles. The van der Waals surface area contributed by atoms with E-state index in [-0.39, 0.29) is 7.43 Å². The minimum absolute atomic E-state index is 0. The van der Waals surface area contributed by atoms with Crippen molar-refractivity contribution in [1.29, 1.82) is 0 Å². The summed E-state index contributed by atoms with van der Waals surface area (Å²) < 4.78 is 0. The van der Waals surface area contributed by atoms with Crippen LogP contribution < -0.4 is 0 Å². The predicted octanol–water partition coefficient (Wildman–Crippen LogP) is 1.66. The first-order valence-corrected chi connectivity index (χ1v) is 16.7. The zero-order chi connectivity index (χ0) is 38.6. The van der Waals surface area contributed by atoms with Crippen molar-refractivity contribution in [2.45, 2.75) is 27.6 Å². The van der Waals surface area contributed by atoms with Gasteiger partial charge in [-0.05, 0) is 168 Å². The summed E-state index contributed by atoms with van der Waals surface area (Å²) in [5.74, 6) is 0.748. The summed E-state index contributed by atoms with van der Waals surface area (Å²) in [5, 5.41) is 0. The smallest absolute Gasteiger partial charge is 0.118 e. The molecule has 0 aromatic rings. The van der Waals surface area contributed by atoms with Crippen molar-refractivity contribution in [2.75, 3.05) is 209 Å². The second-order valence-electron chi connectivity index (χ2n) is 15.9. The fraction of sp³-hybridized carbons (Fsp3) is 1.00. The van der Waals surface area contributed by atoms with E-state index in [0.717, 1.165) is 52.5 Å². The molecule has 0 aromatic carbocycles. The molecule has 0 N–H and O–H groups in total. The van der Waals surface area contributed by atoms with Crippen molar-refractivity contribution in [2.24, 2.45) is 5.92 Å². The van der Waals surface area contributed by atoms with Crippen molar-refractivity contribution in [3.05, 3.63) is 0 Å². The molecule has 0 radical (unpaired) electrons. The zero-order valence-electron chi connectivity index (χ0n) is 36.9. The van der Waals surface area contributed by atoms with Gasteiger partial charge in [0.1, 0.15) is 6.29 Å². The lowest BCUT2D eigenvalue weighted by atomic mass is 10.2. The quantitative estimate of drug-likeness (QED) is 0.208. The Bertz CT molecular complexity index is 546. The summed E-state index contributed by atoms with van der Waals surface area (Å²) in [5.41, 5.74) is 0. The summed E-state index contributed by atoms with van der Waals surface area (Å²) in [7, 11) is 47.8. The van der Waals surface area contributed by atoms with Gasteiger partial charge in [0, 0.05) is 13.2 Å². The highest BCUT2D eigenvalue weighted by Crippen LogP contribution is 1.99. The highest BCUT2D eigenvalue weighted by molar-refractivity contribution is 4.58. The first-order valence-electron chi connectivity index (χ1n) is 16.7. The van der Waals surface area contributed by atoms with E-state index in [9.17, 15) is 0 Å². The molecule has 0 fully saturated rings. The molecule has 13 heteroatoms. The lowest BCUT2D eigenvalue weighted by molar-refractivity contribution is 0.00961. The third kappa shape index (κ3) is 57.7. The molecule has 0 unspecified atom stereocenters. The Balaban J connectivity index is -0.000000119. The monoisotopic (exact) mass is 698 g/mol. The molecule has 0 aliphatic rings. The first-order chi connectivity index (χ1) is 21.1. The molecular formula is C35H95N13. The maximum absolute atomic E-state index is 2.38. The molecule has 0 bridgehead atoms. The van der Waals surface area contributed by atoms with Gasteiger partial charge in [-0.1, -0.05) is 21.3 Å². The van der Waals surface area contributed by atoms with Gasteiger partial charge in [0.15, 0.2) is 0 Å². The molecule has 0 amide bonds. The normalized spacial score (nSPS) is 11.8. The average molecular weight is 698 g/mol. The molecule has 0 atom stereocenters. The Morgan fingerprint density at radius 2 is 0.583 bits per heavy atom. The molecule has 48 heavy (non-hydrogen) atoms. The van der Waals surface area contributed by atoms with E-state index in [1.54, 1.807) is 0 Å². The lowest BCUT2D eigenvalue weighted by Gasteiger charge is -2.35. The highest BCUT2D eigenvalue weighted by Gasteiger charge is 2.14. The molecule has 0 saturated carbocycles. The summed E-state index contributed by atoms with van der Waals surface area (Å²) in [4.78, 5) is 28.5. The minimum atomic E-state index is 0. The van der Waals surface area contributed by atoms with Crippen LogP contribution in [0.2, 0.25) is 0 Å². The van der Waals surface area contributed by atoms with Crippen molar-refractivity contribution >= 4 is 0 Å². The van der Waals surface area contributed by atoms with Crippen LogP contribution in [0.4, 0.5) is 0 Å². The molecular weight excluding hydrogens is 602 g/mol. The standard InChI is InChI=1S/C10H25N3.C9H24N4.C7H19N3.C5H14N2.C3H9N.CH4/c1-10(2)7-12(5)9-13(6)8-11(3)4;1-10(2)7-13(8-11(3)4)9-12(5)6;1-8(2)7(9(3)4)10(5)6;1-6(2)5-7(3)4;1-4(2)3;/h10H,7-9H2,1-6H3;7-9H2,1-6H3;7H,1-6H3;5H2,1-4H3;1-3H3;1H4. The summed E-state index contributed by atoms with van der Waals surface area (Å²) in [6, 6.07) is 0. The van der Waals surface area contributed by atoms with Crippen molar-refractivity contribution in [1.82, 2.24) is 63.7 Å². The summed E-state index contributed by atoms with van der Waals surface area (Å²) >= 11 is 0. The van der Waals surface area contributed by atoms with Crippen LogP contribution in [0.3, 0.4) is 0 Å². The molecule has 0 aliphatic carbocycles. The Morgan fingerprint density at radius 3 is 0.729 bits per heavy atom. The fourth-order valence-electron chi connectivity index (χ4n) is 4.91. The molecule has 0 rings (SSSR count). The van der Waals surface area contributed by atoms with Crippen LogP contribution in [-0.4, -0.2) is 279 Å². The molecule has 13 nitrogen and oxygen atoms in total. The predicted molar refractivity (Wildman–Crippen MR) is 220 cm³/mol. The van der Waals surface area contributed by atoms with Gasteiger partial charge in [-0.3, -0.25) is 58.8 Å². The van der Waals surface area contributed by atoms with Gasteiger partial charge in [0.2, 0.25) is 0 Å². The zero-order valence-corrected chi connectivity index (χ0v) is 36.9. The van der Waals surface area contributed by atoms with Gasteiger partial charge in [-0.25, -0.2) is 0 Å². The number of nitrogens with zero attached hydrogens (tertiary/aromatic N) is 13. The van der Waals surface area contributed by atoms with Crippen LogP contribution >= 0.6 is 0 Å². The maximum Gasteiger partial charge on any atom is 0.118 e. The van der Waals surface area contributed by atoms with Crippen LogP contribution in [0.15, 0.2) is 0 Å². The third-order valence-corrected chi connectivity index (χ3v) is 5.08. The lowest BCUT2D eigenvalue weighted by Crippen LogP contribution is -2.50. The Labute approximate surface area is 305 Å². The van der Waals surface area contributed by atoms with E-state index in [0.29, 0.717) is 6.29 Å². The van der Waals surface area contributed by atoms with E-state index in [1.807, 2.05) is 26.0 Å². The van der Waals surface area contributed by atoms with Crippen molar-refractivity contribution < 1.29 is 0 Å². The van der Waals surface area contributed by atoms with E-state index in [4.69, 9.17) is 0 Å². The second kappa shape index (κ2) is 36.3. The Morgan fingerprint density at radius 1 is 0.333 bits per heavy atom. The van der Waals surface area contributed by atoms with E-state index >= 15 is 0 Å². The number of hydrogen-bond donors (Lipinski definition) is 0. The molecule has 0 aromatic heterocycles. The molecule has 0 aliphatic heterocycles. The fourth-order valence-corrected chi connectivity index (χ4v) is 4.91. The van der Waals surface area contributed by atoms with Crippen LogP contribution in [0.1, 0.15) is 21.3 Å². The van der Waals surface area contributed by atoms with Gasteiger partial charge in [-0.2, -0.15) is 0 Å². The maximum atomic E-state index is 2.38. The van der Waals surface area contributed by atoms with Gasteiger partial charge < -0.3 is 4.90 Å². The van der Waals surface area contributed by atoms with Crippen molar-refractivity contribution in [3.8, 4) is 0 Å². The molecule has 0 spiro atoms. The topological polar surface area (TPSA) is 42.1 Å². The number of rotatable bonds is 17. The van der Waals surface area contributed by atoms with Crippen LogP contribution in [0.25, 0.3) is 0 Å².